The summed E-state index contributed by atoms with van der Waals surface area (Å²) in [5, 5.41) is 22.2. The molecule has 0 radical (unpaired) electrons. The highest BCUT2D eigenvalue weighted by molar-refractivity contribution is 5.62. The number of rotatable bonds is 18. The Hall–Kier alpha value is -1.45. The number of unbranched alkanes of at least 4 members (excludes halogenated alkanes) is 6. The van der Waals surface area contributed by atoms with E-state index >= 15 is 0 Å². The van der Waals surface area contributed by atoms with Gasteiger partial charge in [0.05, 0.1) is 11.6 Å². The maximum atomic E-state index is 9.00. The number of carbonyl (C=O) groups is 1. The van der Waals surface area contributed by atoms with E-state index in [0.29, 0.717) is 0 Å². The number of hydrogen-bond acceptors (Lipinski definition) is 6. The molecular weight excluding hydrogens is 472 g/mol. The average Bonchev–Trinajstić information content (AvgIpc) is 2.83. The minimum absolute atomic E-state index is 0.833. The topological polar surface area (TPSA) is 138 Å². The van der Waals surface area contributed by atoms with E-state index in [1.165, 1.54) is 116 Å². The Bertz CT molecular complexity index is 334. The molecule has 0 aliphatic carbocycles. The quantitative estimate of drug-likeness (QED) is 0.150. The summed E-state index contributed by atoms with van der Waals surface area (Å²) in [5.74, 6) is -0.833. The second-order valence-corrected chi connectivity index (χ2v) is 9.05. The third kappa shape index (κ3) is 72.0. The molecular formula is C28H66N4O5. The molecule has 0 fully saturated rings. The largest absolute Gasteiger partial charge is 0.481 e. The van der Waals surface area contributed by atoms with Crippen LogP contribution in [0.15, 0.2) is 0 Å². The third-order valence-corrected chi connectivity index (χ3v) is 4.97. The van der Waals surface area contributed by atoms with E-state index in [-0.39, 0.29) is 0 Å². The maximum absolute atomic E-state index is 9.00. The predicted octanol–water partition coefficient (Wildman–Crippen LogP) is 6.48. The first-order valence-electron chi connectivity index (χ1n) is 14.8. The molecule has 9 nitrogen and oxygen atoms in total. The fourth-order valence-electron chi connectivity index (χ4n) is 2.96. The third-order valence-electron chi connectivity index (χ3n) is 4.97. The Balaban J connectivity index is -0.000000132. The van der Waals surface area contributed by atoms with Crippen molar-refractivity contribution < 1.29 is 20.7 Å². The minimum Gasteiger partial charge on any atom is -0.481 e. The lowest BCUT2D eigenvalue weighted by Crippen LogP contribution is -2.48. The first kappa shape index (κ1) is 45.5. The molecule has 9 heteroatoms. The number of carboxylic acid groups (broad SMARTS) is 1. The van der Waals surface area contributed by atoms with Crippen LogP contribution in [-0.4, -0.2) is 71.8 Å². The lowest BCUT2D eigenvalue weighted by Gasteiger charge is -2.21. The summed E-state index contributed by atoms with van der Waals surface area (Å²) in [4.78, 5) is 22.5. The van der Waals surface area contributed by atoms with E-state index in [1.54, 1.807) is 0 Å². The molecule has 0 aliphatic heterocycles. The zero-order valence-corrected chi connectivity index (χ0v) is 26.1. The van der Waals surface area contributed by atoms with Gasteiger partial charge in [0.2, 0.25) is 0 Å². The molecule has 0 saturated heterocycles. The molecule has 0 aromatic heterocycles. The Morgan fingerprint density at radius 1 is 0.622 bits per heavy atom. The Kier molecular flexibility index (Phi) is 54.7. The molecule has 0 saturated carbocycles. The molecule has 37 heavy (non-hydrogen) atoms. The van der Waals surface area contributed by atoms with Crippen LogP contribution in [0.3, 0.4) is 0 Å². The molecule has 0 heterocycles. The van der Waals surface area contributed by atoms with Crippen molar-refractivity contribution in [3.8, 4) is 0 Å². The molecule has 0 amide bonds. The van der Waals surface area contributed by atoms with Crippen LogP contribution in [0.2, 0.25) is 0 Å². The van der Waals surface area contributed by atoms with Crippen molar-refractivity contribution in [2.45, 2.75) is 132 Å². The standard InChI is InChI=1S/2C12H27N.C2H7N.C2H4O2.NO3/c2*1-4-7-10-13(11-8-5-2)12-9-6-3;1-2-3;1-2(3)4;2-1(3)4/h2*4-12H2,1-3H3;2-3H2,1H3;1H3,(H,3,4);/q;;;;-1/p+1. The van der Waals surface area contributed by atoms with E-state index in [2.05, 4.69) is 57.1 Å². The van der Waals surface area contributed by atoms with E-state index in [1.807, 2.05) is 6.92 Å². The first-order valence-corrected chi connectivity index (χ1v) is 14.8. The highest BCUT2D eigenvalue weighted by Crippen LogP contribution is 2.02. The van der Waals surface area contributed by atoms with Gasteiger partial charge in [-0.2, -0.15) is 0 Å². The first-order chi connectivity index (χ1) is 17.6. The van der Waals surface area contributed by atoms with Gasteiger partial charge in [0.1, 0.15) is 0 Å². The normalized spacial score (nSPS) is 9.59. The lowest BCUT2D eigenvalue weighted by atomic mass is 10.2. The van der Waals surface area contributed by atoms with Gasteiger partial charge in [-0.25, -0.2) is 0 Å². The number of carboxylic acids is 1. The van der Waals surface area contributed by atoms with Crippen molar-refractivity contribution in [2.75, 3.05) is 45.8 Å². The van der Waals surface area contributed by atoms with Crippen LogP contribution < -0.4 is 5.73 Å². The van der Waals surface area contributed by atoms with Gasteiger partial charge in [-0.15, -0.1) is 0 Å². The Morgan fingerprint density at radius 2 is 0.730 bits per heavy atom. The van der Waals surface area contributed by atoms with Crippen molar-refractivity contribution in [3.63, 3.8) is 0 Å². The molecule has 0 spiro atoms. The summed E-state index contributed by atoms with van der Waals surface area (Å²) < 4.78 is 0. The van der Waals surface area contributed by atoms with Gasteiger partial charge in [-0.05, 0) is 84.7 Å². The average molecular weight is 539 g/mol. The summed E-state index contributed by atoms with van der Waals surface area (Å²) in [5.41, 5.74) is 3.49. The smallest absolute Gasteiger partial charge is 0.300 e. The predicted molar refractivity (Wildman–Crippen MR) is 159 cm³/mol. The second-order valence-electron chi connectivity index (χ2n) is 9.05. The van der Waals surface area contributed by atoms with E-state index in [9.17, 15) is 0 Å². The Labute approximate surface area is 230 Å². The van der Waals surface area contributed by atoms with Crippen LogP contribution in [0.5, 0.6) is 0 Å². The molecule has 0 atom stereocenters. The minimum atomic E-state index is -1.75. The SMILES string of the molecule is CC(=O)O.CCCCN(CCCC)CCCC.CCCCN(CCCC)CCCC.CC[NH3+].O=[N+]([O-])[O-]. The molecule has 0 rings (SSSR count). The summed E-state index contributed by atoms with van der Waals surface area (Å²) in [6.07, 6.45) is 16.2. The van der Waals surface area contributed by atoms with Gasteiger partial charge in [0.15, 0.2) is 0 Å². The van der Waals surface area contributed by atoms with Crippen molar-refractivity contribution >= 4 is 5.97 Å². The summed E-state index contributed by atoms with van der Waals surface area (Å²) in [6, 6.07) is 0. The number of quaternary nitrogens is 1. The fourth-order valence-corrected chi connectivity index (χ4v) is 2.96. The van der Waals surface area contributed by atoms with Gasteiger partial charge >= 0.3 is 0 Å². The van der Waals surface area contributed by atoms with Gasteiger partial charge in [-0.1, -0.05) is 80.1 Å². The van der Waals surface area contributed by atoms with Crippen molar-refractivity contribution in [3.05, 3.63) is 15.3 Å². The summed E-state index contributed by atoms with van der Waals surface area (Å²) in [7, 11) is 0. The number of hydrogen-bond donors (Lipinski definition) is 2. The van der Waals surface area contributed by atoms with E-state index in [4.69, 9.17) is 25.2 Å². The molecule has 0 aromatic carbocycles. The summed E-state index contributed by atoms with van der Waals surface area (Å²) in [6.45, 7) is 25.6. The maximum Gasteiger partial charge on any atom is 0.300 e. The van der Waals surface area contributed by atoms with Gasteiger partial charge < -0.3 is 36.0 Å². The number of aliphatic carboxylic acids is 1. The van der Waals surface area contributed by atoms with Crippen LogP contribution in [0.4, 0.5) is 0 Å². The number of nitrogens with zero attached hydrogens (tertiary/aromatic N) is 3. The van der Waals surface area contributed by atoms with Gasteiger partial charge in [0, 0.05) is 6.92 Å². The monoisotopic (exact) mass is 539 g/mol. The highest BCUT2D eigenvalue weighted by Gasteiger charge is 2.02. The van der Waals surface area contributed by atoms with Crippen LogP contribution in [0.25, 0.3) is 0 Å². The molecule has 0 unspecified atom stereocenters. The van der Waals surface area contributed by atoms with Crippen LogP contribution >= 0.6 is 0 Å². The van der Waals surface area contributed by atoms with Crippen molar-refractivity contribution in [2.24, 2.45) is 0 Å². The molecule has 4 N–H and O–H groups in total. The molecule has 0 bridgehead atoms. The zero-order chi connectivity index (χ0) is 29.7. The molecule has 0 aromatic rings. The highest BCUT2D eigenvalue weighted by atomic mass is 16.9. The molecule has 228 valence electrons. The van der Waals surface area contributed by atoms with Crippen LogP contribution in [0, 0.1) is 15.3 Å². The second kappa shape index (κ2) is 44.5. The van der Waals surface area contributed by atoms with Crippen molar-refractivity contribution in [1.82, 2.24) is 9.80 Å². The van der Waals surface area contributed by atoms with Gasteiger partial charge in [-0.3, -0.25) is 4.79 Å². The van der Waals surface area contributed by atoms with Crippen LogP contribution in [0.1, 0.15) is 132 Å². The van der Waals surface area contributed by atoms with Gasteiger partial charge in [0.25, 0.3) is 5.97 Å². The lowest BCUT2D eigenvalue weighted by molar-refractivity contribution is -0.402. The van der Waals surface area contributed by atoms with Crippen LogP contribution in [-0.2, 0) is 4.79 Å². The fraction of sp³-hybridized carbons (Fsp3) is 0.964. The summed E-state index contributed by atoms with van der Waals surface area (Å²) >= 11 is 0. The van der Waals surface area contributed by atoms with E-state index < -0.39 is 11.1 Å². The molecule has 0 aliphatic rings. The zero-order valence-electron chi connectivity index (χ0n) is 26.1. The Morgan fingerprint density at radius 3 is 0.811 bits per heavy atom. The van der Waals surface area contributed by atoms with E-state index in [0.717, 1.165) is 13.5 Å². The van der Waals surface area contributed by atoms with Crippen molar-refractivity contribution in [1.29, 1.82) is 0 Å².